The Morgan fingerprint density at radius 1 is 1.04 bits per heavy atom. The van der Waals surface area contributed by atoms with E-state index in [2.05, 4.69) is 17.0 Å². The van der Waals surface area contributed by atoms with Crippen LogP contribution in [-0.2, 0) is 0 Å². The Labute approximate surface area is 166 Å². The molecular formula is C22H27N3O3. The van der Waals surface area contributed by atoms with Crippen molar-refractivity contribution in [1.29, 1.82) is 0 Å². The first-order chi connectivity index (χ1) is 13.4. The summed E-state index contributed by atoms with van der Waals surface area (Å²) in [5.41, 5.74) is 4.08. The van der Waals surface area contributed by atoms with Gasteiger partial charge in [-0.1, -0.05) is 12.1 Å². The third kappa shape index (κ3) is 3.96. The van der Waals surface area contributed by atoms with E-state index in [1.807, 2.05) is 47.0 Å². The van der Waals surface area contributed by atoms with E-state index in [1.54, 1.807) is 17.0 Å². The zero-order valence-corrected chi connectivity index (χ0v) is 17.2. The lowest BCUT2D eigenvalue weighted by atomic mass is 10.1. The summed E-state index contributed by atoms with van der Waals surface area (Å²) < 4.78 is 11.0. The highest BCUT2D eigenvalue weighted by Crippen LogP contribution is 2.39. The summed E-state index contributed by atoms with van der Waals surface area (Å²) in [6, 6.07) is 11.7. The topological polar surface area (TPSA) is 54.4 Å². The minimum absolute atomic E-state index is 0.0576. The summed E-state index contributed by atoms with van der Waals surface area (Å²) in [5.74, 6) is 1.14. The normalized spacial score (nSPS) is 12.8. The number of carbonyl (C=O) groups excluding carboxylic acids is 1. The molecule has 0 aliphatic carbocycles. The van der Waals surface area contributed by atoms with Crippen LogP contribution in [0.15, 0.2) is 41.4 Å². The minimum Gasteiger partial charge on any atom is -0.454 e. The molecule has 0 saturated heterocycles. The highest BCUT2D eigenvalue weighted by Gasteiger charge is 2.23. The summed E-state index contributed by atoms with van der Waals surface area (Å²) in [4.78, 5) is 21.6. The molecule has 0 fully saturated rings. The maximum absolute atomic E-state index is 13.0. The molecule has 0 aromatic heterocycles. The lowest BCUT2D eigenvalue weighted by Crippen LogP contribution is -2.30. The fourth-order valence-corrected chi connectivity index (χ4v) is 3.12. The van der Waals surface area contributed by atoms with Gasteiger partial charge < -0.3 is 19.3 Å². The van der Waals surface area contributed by atoms with Crippen LogP contribution in [0.4, 0.5) is 11.4 Å². The molecule has 28 heavy (non-hydrogen) atoms. The fourth-order valence-electron chi connectivity index (χ4n) is 3.12. The second-order valence-electron chi connectivity index (χ2n) is 6.84. The van der Waals surface area contributed by atoms with Crippen molar-refractivity contribution in [3.8, 4) is 11.5 Å². The zero-order chi connectivity index (χ0) is 20.3. The first kappa shape index (κ1) is 19.7. The summed E-state index contributed by atoms with van der Waals surface area (Å²) >= 11 is 0. The van der Waals surface area contributed by atoms with Crippen molar-refractivity contribution in [2.24, 2.45) is 4.99 Å². The van der Waals surface area contributed by atoms with Crippen molar-refractivity contribution in [2.75, 3.05) is 38.9 Å². The lowest BCUT2D eigenvalue weighted by Gasteiger charge is -2.20. The maximum Gasteiger partial charge on any atom is 0.256 e. The van der Waals surface area contributed by atoms with Crippen LogP contribution in [0.25, 0.3) is 0 Å². The van der Waals surface area contributed by atoms with Gasteiger partial charge in [-0.25, -0.2) is 0 Å². The molecule has 0 N–H and O–H groups in total. The van der Waals surface area contributed by atoms with Crippen LogP contribution >= 0.6 is 0 Å². The predicted octanol–water partition coefficient (Wildman–Crippen LogP) is 4.10. The standard InChI is InChI=1S/C22H27N3O3/c1-6-25(7-2)22(26)18-12-20-21(28-14-27-20)13-19(18)23-15(3)16-8-10-17(11-9-16)24(4)5/h8-13H,6-7,14H2,1-5H3. The monoisotopic (exact) mass is 381 g/mol. The van der Waals surface area contributed by atoms with E-state index in [0.717, 1.165) is 17.0 Å². The van der Waals surface area contributed by atoms with Crippen LogP contribution in [-0.4, -0.2) is 50.5 Å². The van der Waals surface area contributed by atoms with Crippen LogP contribution in [0.3, 0.4) is 0 Å². The van der Waals surface area contributed by atoms with E-state index in [4.69, 9.17) is 14.5 Å². The van der Waals surface area contributed by atoms with Gasteiger partial charge in [-0.05, 0) is 44.5 Å². The molecule has 0 bridgehead atoms. The summed E-state index contributed by atoms with van der Waals surface area (Å²) in [6.07, 6.45) is 0. The molecule has 3 rings (SSSR count). The van der Waals surface area contributed by atoms with Gasteiger partial charge in [0.2, 0.25) is 6.79 Å². The molecule has 0 saturated carbocycles. The minimum atomic E-state index is -0.0576. The Bertz CT molecular complexity index is 885. The van der Waals surface area contributed by atoms with Crippen LogP contribution in [0.1, 0.15) is 36.7 Å². The van der Waals surface area contributed by atoms with Crippen molar-refractivity contribution >= 4 is 23.0 Å². The number of carbonyl (C=O) groups is 1. The smallest absolute Gasteiger partial charge is 0.256 e. The third-order valence-electron chi connectivity index (χ3n) is 4.86. The molecular weight excluding hydrogens is 354 g/mol. The van der Waals surface area contributed by atoms with Gasteiger partial charge in [0, 0.05) is 44.7 Å². The van der Waals surface area contributed by atoms with Crippen molar-refractivity contribution in [1.82, 2.24) is 4.90 Å². The average molecular weight is 381 g/mol. The molecule has 1 aliphatic rings. The summed E-state index contributed by atoms with van der Waals surface area (Å²) in [7, 11) is 4.02. The van der Waals surface area contributed by atoms with Gasteiger partial charge in [0.25, 0.3) is 5.91 Å². The van der Waals surface area contributed by atoms with E-state index >= 15 is 0 Å². The van der Waals surface area contributed by atoms with Crippen LogP contribution < -0.4 is 14.4 Å². The summed E-state index contributed by atoms with van der Waals surface area (Å²) in [5, 5.41) is 0. The first-order valence-corrected chi connectivity index (χ1v) is 9.50. The number of nitrogens with zero attached hydrogens (tertiary/aromatic N) is 3. The molecule has 2 aromatic carbocycles. The molecule has 6 nitrogen and oxygen atoms in total. The van der Waals surface area contributed by atoms with Gasteiger partial charge in [-0.3, -0.25) is 9.79 Å². The van der Waals surface area contributed by atoms with E-state index in [1.165, 1.54) is 0 Å². The number of benzene rings is 2. The van der Waals surface area contributed by atoms with Crippen LogP contribution in [0.2, 0.25) is 0 Å². The first-order valence-electron chi connectivity index (χ1n) is 9.50. The number of rotatable bonds is 6. The second kappa shape index (κ2) is 8.33. The number of fused-ring (bicyclic) bond motifs is 1. The molecule has 1 heterocycles. The summed E-state index contributed by atoms with van der Waals surface area (Å²) in [6.45, 7) is 7.31. The Balaban J connectivity index is 2.02. The Kier molecular flexibility index (Phi) is 5.87. The fraction of sp³-hybridized carbons (Fsp3) is 0.364. The van der Waals surface area contributed by atoms with Gasteiger partial charge >= 0.3 is 0 Å². The van der Waals surface area contributed by atoms with Gasteiger partial charge in [0.15, 0.2) is 11.5 Å². The van der Waals surface area contributed by atoms with Crippen molar-refractivity contribution in [2.45, 2.75) is 20.8 Å². The van der Waals surface area contributed by atoms with Gasteiger partial charge in [-0.15, -0.1) is 0 Å². The number of ether oxygens (including phenoxy) is 2. The van der Waals surface area contributed by atoms with E-state index < -0.39 is 0 Å². The van der Waals surface area contributed by atoms with Gasteiger partial charge in [0.1, 0.15) is 0 Å². The highest BCUT2D eigenvalue weighted by molar-refractivity contribution is 6.04. The quantitative estimate of drug-likeness (QED) is 0.707. The Hall–Kier alpha value is -3.02. The lowest BCUT2D eigenvalue weighted by molar-refractivity contribution is 0.0773. The second-order valence-corrected chi connectivity index (χ2v) is 6.84. The molecule has 2 aromatic rings. The molecule has 6 heteroatoms. The molecule has 0 radical (unpaired) electrons. The zero-order valence-electron chi connectivity index (χ0n) is 17.2. The van der Waals surface area contributed by atoms with Crippen molar-refractivity contribution < 1.29 is 14.3 Å². The van der Waals surface area contributed by atoms with Crippen molar-refractivity contribution in [3.05, 3.63) is 47.5 Å². The van der Waals surface area contributed by atoms with Crippen LogP contribution in [0.5, 0.6) is 11.5 Å². The van der Waals surface area contributed by atoms with Gasteiger partial charge in [-0.2, -0.15) is 0 Å². The Morgan fingerprint density at radius 2 is 1.64 bits per heavy atom. The van der Waals surface area contributed by atoms with Crippen LogP contribution in [0, 0.1) is 0 Å². The average Bonchev–Trinajstić information content (AvgIpc) is 3.15. The van der Waals surface area contributed by atoms with E-state index in [0.29, 0.717) is 35.8 Å². The predicted molar refractivity (Wildman–Crippen MR) is 112 cm³/mol. The van der Waals surface area contributed by atoms with E-state index in [9.17, 15) is 4.79 Å². The number of hydrogen-bond donors (Lipinski definition) is 0. The van der Waals surface area contributed by atoms with E-state index in [-0.39, 0.29) is 12.7 Å². The van der Waals surface area contributed by atoms with Crippen molar-refractivity contribution in [3.63, 3.8) is 0 Å². The molecule has 0 unspecified atom stereocenters. The number of aliphatic imine (C=N–C) groups is 1. The molecule has 0 spiro atoms. The van der Waals surface area contributed by atoms with Gasteiger partial charge in [0.05, 0.1) is 11.3 Å². The third-order valence-corrected chi connectivity index (χ3v) is 4.86. The molecule has 1 aliphatic heterocycles. The molecule has 0 atom stereocenters. The molecule has 1 amide bonds. The maximum atomic E-state index is 13.0. The number of anilines is 1. The Morgan fingerprint density at radius 3 is 2.21 bits per heavy atom. The number of hydrogen-bond acceptors (Lipinski definition) is 5. The number of amides is 1. The molecule has 148 valence electrons. The largest absolute Gasteiger partial charge is 0.454 e. The highest BCUT2D eigenvalue weighted by atomic mass is 16.7. The SMILES string of the molecule is CCN(CC)C(=O)c1cc2c(cc1N=C(C)c1ccc(N(C)C)cc1)OCO2.